The quantitative estimate of drug-likeness (QED) is 0.905. The third-order valence-electron chi connectivity index (χ3n) is 2.67. The molecule has 0 saturated carbocycles. The van der Waals surface area contributed by atoms with E-state index in [1.54, 1.807) is 7.11 Å². The number of ether oxygens (including phenoxy) is 1. The Morgan fingerprint density at radius 3 is 2.19 bits per heavy atom. The van der Waals surface area contributed by atoms with Crippen LogP contribution in [0.5, 0.6) is 5.75 Å². The van der Waals surface area contributed by atoms with Crippen molar-refractivity contribution >= 4 is 27.5 Å². The van der Waals surface area contributed by atoms with Gasteiger partial charge in [0.1, 0.15) is 5.75 Å². The molecule has 1 rings (SSSR count). The second-order valence-electron chi connectivity index (χ2n) is 3.78. The molecule has 0 fully saturated rings. The molecule has 1 amide bonds. The summed E-state index contributed by atoms with van der Waals surface area (Å²) < 4.78 is 6.37. The normalized spacial score (nSPS) is 10.1. The Hall–Kier alpha value is -1.03. The van der Waals surface area contributed by atoms with Crippen molar-refractivity contribution in [3.8, 4) is 5.75 Å². The number of carbonyl (C=O) groups excluding carboxylic acids is 1. The lowest BCUT2D eigenvalue weighted by molar-refractivity contribution is -0.114. The van der Waals surface area contributed by atoms with Crippen LogP contribution in [0, 0.1) is 20.8 Å². The van der Waals surface area contributed by atoms with Crippen molar-refractivity contribution in [1.82, 2.24) is 0 Å². The Morgan fingerprint density at radius 2 is 1.75 bits per heavy atom. The van der Waals surface area contributed by atoms with E-state index in [1.165, 1.54) is 6.92 Å². The van der Waals surface area contributed by atoms with Crippen molar-refractivity contribution < 1.29 is 9.53 Å². The standard InChI is InChI=1S/C12H16BrNO2/c1-6-7(2)12(16-5)11(14-9(4)15)8(3)10(6)13/h1-5H3,(H,14,15). The van der Waals surface area contributed by atoms with Crippen molar-refractivity contribution in [3.05, 3.63) is 21.2 Å². The van der Waals surface area contributed by atoms with E-state index in [0.717, 1.165) is 32.6 Å². The first-order chi connectivity index (χ1) is 7.40. The summed E-state index contributed by atoms with van der Waals surface area (Å²) >= 11 is 3.53. The zero-order valence-corrected chi connectivity index (χ0v) is 11.8. The van der Waals surface area contributed by atoms with E-state index >= 15 is 0 Å². The van der Waals surface area contributed by atoms with Gasteiger partial charge in [-0.05, 0) is 37.5 Å². The molecular formula is C12H16BrNO2. The highest BCUT2D eigenvalue weighted by atomic mass is 79.9. The van der Waals surface area contributed by atoms with Gasteiger partial charge in [0.2, 0.25) is 5.91 Å². The molecule has 3 nitrogen and oxygen atoms in total. The fourth-order valence-corrected chi connectivity index (χ4v) is 2.16. The van der Waals surface area contributed by atoms with Crippen LogP contribution in [0.3, 0.4) is 0 Å². The van der Waals surface area contributed by atoms with Crippen LogP contribution >= 0.6 is 15.9 Å². The fourth-order valence-electron chi connectivity index (χ4n) is 1.67. The Morgan fingerprint density at radius 1 is 1.19 bits per heavy atom. The van der Waals surface area contributed by atoms with Gasteiger partial charge in [-0.25, -0.2) is 0 Å². The van der Waals surface area contributed by atoms with Crippen LogP contribution in [0.15, 0.2) is 4.47 Å². The monoisotopic (exact) mass is 285 g/mol. The lowest BCUT2D eigenvalue weighted by Gasteiger charge is -2.18. The topological polar surface area (TPSA) is 38.3 Å². The Bertz CT molecular complexity index is 441. The van der Waals surface area contributed by atoms with E-state index in [2.05, 4.69) is 21.2 Å². The zero-order valence-electron chi connectivity index (χ0n) is 10.2. The highest BCUT2D eigenvalue weighted by molar-refractivity contribution is 9.10. The summed E-state index contributed by atoms with van der Waals surface area (Å²) in [5, 5.41) is 2.81. The first-order valence-electron chi connectivity index (χ1n) is 5.01. The average molecular weight is 286 g/mol. The number of hydrogen-bond acceptors (Lipinski definition) is 2. The molecule has 0 aliphatic carbocycles. The van der Waals surface area contributed by atoms with Gasteiger partial charge >= 0.3 is 0 Å². The number of hydrogen-bond donors (Lipinski definition) is 1. The molecule has 1 N–H and O–H groups in total. The van der Waals surface area contributed by atoms with Crippen LogP contribution in [0.25, 0.3) is 0 Å². The highest BCUT2D eigenvalue weighted by Crippen LogP contribution is 2.39. The summed E-state index contributed by atoms with van der Waals surface area (Å²) in [5.74, 6) is 0.630. The van der Waals surface area contributed by atoms with Crippen molar-refractivity contribution in [2.45, 2.75) is 27.7 Å². The molecule has 0 atom stereocenters. The van der Waals surface area contributed by atoms with Gasteiger partial charge in [-0.1, -0.05) is 15.9 Å². The average Bonchev–Trinajstić information content (AvgIpc) is 2.23. The number of amides is 1. The maximum absolute atomic E-state index is 11.2. The van der Waals surface area contributed by atoms with Crippen LogP contribution in [-0.2, 0) is 4.79 Å². The highest BCUT2D eigenvalue weighted by Gasteiger charge is 2.17. The molecule has 0 unspecified atom stereocenters. The molecule has 0 radical (unpaired) electrons. The van der Waals surface area contributed by atoms with Gasteiger partial charge in [0.15, 0.2) is 0 Å². The number of nitrogens with one attached hydrogen (secondary N) is 1. The molecule has 0 saturated heterocycles. The molecule has 1 aromatic rings. The lowest BCUT2D eigenvalue weighted by Crippen LogP contribution is -2.10. The van der Waals surface area contributed by atoms with E-state index in [9.17, 15) is 4.79 Å². The second-order valence-corrected chi connectivity index (χ2v) is 4.57. The molecule has 88 valence electrons. The van der Waals surface area contributed by atoms with E-state index < -0.39 is 0 Å². The summed E-state index contributed by atoms with van der Waals surface area (Å²) in [4.78, 5) is 11.2. The number of methoxy groups -OCH3 is 1. The van der Waals surface area contributed by atoms with E-state index in [4.69, 9.17) is 4.74 Å². The van der Waals surface area contributed by atoms with Gasteiger partial charge in [0.05, 0.1) is 12.8 Å². The van der Waals surface area contributed by atoms with E-state index in [1.807, 2.05) is 20.8 Å². The largest absolute Gasteiger partial charge is 0.494 e. The third kappa shape index (κ3) is 2.21. The van der Waals surface area contributed by atoms with E-state index in [0.29, 0.717) is 0 Å². The maximum Gasteiger partial charge on any atom is 0.221 e. The van der Waals surface area contributed by atoms with Crippen molar-refractivity contribution in [3.63, 3.8) is 0 Å². The van der Waals surface area contributed by atoms with Gasteiger partial charge in [-0.3, -0.25) is 4.79 Å². The molecule has 0 spiro atoms. The van der Waals surface area contributed by atoms with Crippen LogP contribution in [-0.4, -0.2) is 13.0 Å². The molecule has 16 heavy (non-hydrogen) atoms. The van der Waals surface area contributed by atoms with Crippen LogP contribution < -0.4 is 10.1 Å². The van der Waals surface area contributed by atoms with E-state index in [-0.39, 0.29) is 5.91 Å². The van der Waals surface area contributed by atoms with Gasteiger partial charge in [0, 0.05) is 11.4 Å². The number of carbonyl (C=O) groups is 1. The lowest BCUT2D eigenvalue weighted by atomic mass is 10.0. The maximum atomic E-state index is 11.2. The molecule has 0 heterocycles. The first-order valence-corrected chi connectivity index (χ1v) is 5.80. The van der Waals surface area contributed by atoms with Crippen molar-refractivity contribution in [2.75, 3.05) is 12.4 Å². The predicted molar refractivity (Wildman–Crippen MR) is 69.2 cm³/mol. The Balaban J connectivity index is 3.50. The molecule has 0 aromatic heterocycles. The number of benzene rings is 1. The minimum Gasteiger partial charge on any atom is -0.494 e. The SMILES string of the molecule is COc1c(C)c(C)c(Br)c(C)c1NC(C)=O. The minimum atomic E-state index is -0.100. The second kappa shape index (κ2) is 4.87. The molecule has 4 heteroatoms. The smallest absolute Gasteiger partial charge is 0.221 e. The Labute approximate surface area is 104 Å². The number of halogens is 1. The summed E-state index contributed by atoms with van der Waals surface area (Å²) in [6, 6.07) is 0. The van der Waals surface area contributed by atoms with Gasteiger partial charge < -0.3 is 10.1 Å². The summed E-state index contributed by atoms with van der Waals surface area (Å²) in [7, 11) is 1.61. The minimum absolute atomic E-state index is 0.100. The summed E-state index contributed by atoms with van der Waals surface area (Å²) in [6.07, 6.45) is 0. The molecule has 0 aliphatic rings. The summed E-state index contributed by atoms with van der Waals surface area (Å²) in [6.45, 7) is 7.43. The van der Waals surface area contributed by atoms with Gasteiger partial charge in [-0.2, -0.15) is 0 Å². The van der Waals surface area contributed by atoms with Crippen LogP contribution in [0.4, 0.5) is 5.69 Å². The predicted octanol–water partition coefficient (Wildman–Crippen LogP) is 3.34. The van der Waals surface area contributed by atoms with Gasteiger partial charge in [-0.15, -0.1) is 0 Å². The Kier molecular flexibility index (Phi) is 3.97. The zero-order chi connectivity index (χ0) is 12.5. The fraction of sp³-hybridized carbons (Fsp3) is 0.417. The first kappa shape index (κ1) is 13.0. The third-order valence-corrected chi connectivity index (χ3v) is 3.86. The molecular weight excluding hydrogens is 270 g/mol. The van der Waals surface area contributed by atoms with Crippen LogP contribution in [0.2, 0.25) is 0 Å². The number of rotatable bonds is 2. The van der Waals surface area contributed by atoms with Crippen molar-refractivity contribution in [2.24, 2.45) is 0 Å². The van der Waals surface area contributed by atoms with Crippen molar-refractivity contribution in [1.29, 1.82) is 0 Å². The molecule has 1 aromatic carbocycles. The van der Waals surface area contributed by atoms with Crippen LogP contribution in [0.1, 0.15) is 23.6 Å². The number of anilines is 1. The summed E-state index contributed by atoms with van der Waals surface area (Å²) in [5.41, 5.74) is 3.88. The molecule has 0 bridgehead atoms. The molecule has 0 aliphatic heterocycles. The van der Waals surface area contributed by atoms with Gasteiger partial charge in [0.25, 0.3) is 0 Å².